The van der Waals surface area contributed by atoms with Gasteiger partial charge in [0, 0.05) is 38.5 Å². The summed E-state index contributed by atoms with van der Waals surface area (Å²) in [6.07, 6.45) is 0. The van der Waals surface area contributed by atoms with Crippen molar-refractivity contribution < 1.29 is 4.42 Å². The minimum atomic E-state index is -0.127. The lowest BCUT2D eigenvalue weighted by atomic mass is 9.82. The first-order valence-corrected chi connectivity index (χ1v) is 20.5. The van der Waals surface area contributed by atoms with Crippen LogP contribution in [0.25, 0.3) is 87.6 Å². The van der Waals surface area contributed by atoms with Crippen molar-refractivity contribution in [2.24, 2.45) is 0 Å². The van der Waals surface area contributed by atoms with Crippen LogP contribution in [0, 0.1) is 0 Å². The summed E-state index contributed by atoms with van der Waals surface area (Å²) >= 11 is 0. The average molecular weight is 754 g/mol. The largest absolute Gasteiger partial charge is 0.456 e. The highest BCUT2D eigenvalue weighted by molar-refractivity contribution is 6.34. The number of nitrogens with zero attached hydrogens (tertiary/aromatic N) is 1. The Morgan fingerprint density at radius 3 is 1.80 bits per heavy atom. The van der Waals surface area contributed by atoms with Crippen molar-refractivity contribution in [3.05, 3.63) is 211 Å². The van der Waals surface area contributed by atoms with Gasteiger partial charge in [-0.3, -0.25) is 0 Å². The standard InChI is InChI=1S/C57H39NO/c1-57(2)50-21-11-8-18-44(50)45-31-29-40(35-51(45)57)58(39-27-24-37(25-28-39)36-14-4-3-5-15-36)52-22-12-9-16-41(52)38-26-30-43-42-17-6-7-19-46(42)55-47(49(43)34-38)32-33-54-56(55)48-20-10-13-23-53(48)59-54/h3-35H,1-2H3. The maximum atomic E-state index is 6.43. The van der Waals surface area contributed by atoms with E-state index in [0.29, 0.717) is 0 Å². The average Bonchev–Trinajstić information content (AvgIpc) is 3.79. The van der Waals surface area contributed by atoms with Gasteiger partial charge in [-0.25, -0.2) is 0 Å². The number of rotatable bonds is 5. The Labute approximate surface area is 343 Å². The van der Waals surface area contributed by atoms with E-state index in [4.69, 9.17) is 4.42 Å². The zero-order valence-corrected chi connectivity index (χ0v) is 32.9. The van der Waals surface area contributed by atoms with Gasteiger partial charge < -0.3 is 9.32 Å². The molecular weight excluding hydrogens is 715 g/mol. The van der Waals surface area contributed by atoms with Crippen molar-refractivity contribution in [3.63, 3.8) is 0 Å². The third-order valence-electron chi connectivity index (χ3n) is 12.9. The number of fused-ring (bicyclic) bond motifs is 13. The molecule has 0 saturated carbocycles. The summed E-state index contributed by atoms with van der Waals surface area (Å²) in [5.41, 5.74) is 15.2. The molecule has 0 bridgehead atoms. The number of benzene rings is 10. The fourth-order valence-electron chi connectivity index (χ4n) is 10.0. The van der Waals surface area contributed by atoms with Gasteiger partial charge in [0.15, 0.2) is 0 Å². The zero-order valence-electron chi connectivity index (χ0n) is 32.9. The summed E-state index contributed by atoms with van der Waals surface area (Å²) in [5, 5.41) is 9.75. The maximum Gasteiger partial charge on any atom is 0.136 e. The van der Waals surface area contributed by atoms with E-state index in [1.165, 1.54) is 82.2 Å². The van der Waals surface area contributed by atoms with Gasteiger partial charge >= 0.3 is 0 Å². The molecule has 2 heteroatoms. The molecule has 0 radical (unpaired) electrons. The highest BCUT2D eigenvalue weighted by atomic mass is 16.3. The molecule has 11 aromatic rings. The Kier molecular flexibility index (Phi) is 7.31. The first kappa shape index (κ1) is 33.7. The Bertz CT molecular complexity index is 3460. The van der Waals surface area contributed by atoms with E-state index >= 15 is 0 Å². The summed E-state index contributed by atoms with van der Waals surface area (Å²) in [6.45, 7) is 4.72. The lowest BCUT2D eigenvalue weighted by Gasteiger charge is -2.30. The normalized spacial score (nSPS) is 13.1. The summed E-state index contributed by atoms with van der Waals surface area (Å²) in [7, 11) is 0. The topological polar surface area (TPSA) is 16.4 Å². The van der Waals surface area contributed by atoms with Gasteiger partial charge in [-0.2, -0.15) is 0 Å². The highest BCUT2D eigenvalue weighted by Gasteiger charge is 2.36. The van der Waals surface area contributed by atoms with Gasteiger partial charge in [0.05, 0.1) is 5.69 Å². The van der Waals surface area contributed by atoms with Crippen LogP contribution >= 0.6 is 0 Å². The van der Waals surface area contributed by atoms with Crippen molar-refractivity contribution >= 4 is 71.3 Å². The van der Waals surface area contributed by atoms with E-state index in [9.17, 15) is 0 Å². The molecule has 0 saturated heterocycles. The highest BCUT2D eigenvalue weighted by Crippen LogP contribution is 2.52. The van der Waals surface area contributed by atoms with Gasteiger partial charge in [-0.15, -0.1) is 0 Å². The molecule has 12 rings (SSSR count). The van der Waals surface area contributed by atoms with E-state index in [0.717, 1.165) is 33.6 Å². The van der Waals surface area contributed by atoms with Crippen LogP contribution in [0.3, 0.4) is 0 Å². The third kappa shape index (κ3) is 5.06. The molecule has 10 aromatic carbocycles. The molecule has 0 unspecified atom stereocenters. The molecule has 59 heavy (non-hydrogen) atoms. The first-order chi connectivity index (χ1) is 29.0. The number of anilines is 3. The molecule has 0 N–H and O–H groups in total. The van der Waals surface area contributed by atoms with Crippen molar-refractivity contribution in [2.75, 3.05) is 4.90 Å². The second-order valence-corrected chi connectivity index (χ2v) is 16.4. The molecular formula is C57H39NO. The third-order valence-corrected chi connectivity index (χ3v) is 12.9. The minimum Gasteiger partial charge on any atom is -0.456 e. The zero-order chi connectivity index (χ0) is 39.2. The molecule has 0 amide bonds. The van der Waals surface area contributed by atoms with Gasteiger partial charge in [0.1, 0.15) is 11.2 Å². The SMILES string of the molecule is CC1(C)c2ccccc2-c2ccc(N(c3ccc(-c4ccccc4)cc3)c3ccccc3-c3ccc4c5ccccc5c5c(ccc6oc7ccccc7c65)c4c3)cc21. The number of hydrogen-bond acceptors (Lipinski definition) is 2. The Balaban J connectivity index is 1.09. The van der Waals surface area contributed by atoms with E-state index in [1.54, 1.807) is 0 Å². The Morgan fingerprint density at radius 2 is 0.949 bits per heavy atom. The summed E-state index contributed by atoms with van der Waals surface area (Å²) in [5.74, 6) is 0. The van der Waals surface area contributed by atoms with E-state index in [1.807, 2.05) is 6.07 Å². The Morgan fingerprint density at radius 1 is 0.356 bits per heavy atom. The van der Waals surface area contributed by atoms with Crippen LogP contribution in [0.4, 0.5) is 17.1 Å². The van der Waals surface area contributed by atoms with Crippen molar-refractivity contribution in [3.8, 4) is 33.4 Å². The van der Waals surface area contributed by atoms with Crippen LogP contribution in [0.1, 0.15) is 25.0 Å². The quantitative estimate of drug-likeness (QED) is 0.163. The van der Waals surface area contributed by atoms with E-state index in [-0.39, 0.29) is 5.41 Å². The van der Waals surface area contributed by atoms with Crippen LogP contribution in [0.2, 0.25) is 0 Å². The summed E-state index contributed by atoms with van der Waals surface area (Å²) in [6, 6.07) is 73.2. The molecule has 2 nitrogen and oxygen atoms in total. The fraction of sp³-hybridized carbons (Fsp3) is 0.0526. The van der Waals surface area contributed by atoms with Gasteiger partial charge in [-0.05, 0) is 120 Å². The molecule has 278 valence electrons. The van der Waals surface area contributed by atoms with Crippen molar-refractivity contribution in [1.82, 2.24) is 0 Å². The molecule has 1 aromatic heterocycles. The summed E-state index contributed by atoms with van der Waals surface area (Å²) < 4.78 is 6.43. The van der Waals surface area contributed by atoms with Gasteiger partial charge in [0.2, 0.25) is 0 Å². The predicted molar refractivity (Wildman–Crippen MR) is 249 cm³/mol. The lowest BCUT2D eigenvalue weighted by Crippen LogP contribution is -2.16. The Hall–Kier alpha value is -7.42. The molecule has 0 aliphatic heterocycles. The fourth-order valence-corrected chi connectivity index (χ4v) is 10.0. The van der Waals surface area contributed by atoms with Crippen LogP contribution in [-0.2, 0) is 5.41 Å². The van der Waals surface area contributed by atoms with E-state index in [2.05, 4.69) is 213 Å². The lowest BCUT2D eigenvalue weighted by molar-refractivity contribution is 0.660. The van der Waals surface area contributed by atoms with Crippen LogP contribution in [-0.4, -0.2) is 0 Å². The minimum absolute atomic E-state index is 0.127. The molecule has 1 heterocycles. The summed E-state index contributed by atoms with van der Waals surface area (Å²) in [4.78, 5) is 2.45. The van der Waals surface area contributed by atoms with Crippen LogP contribution in [0.5, 0.6) is 0 Å². The van der Waals surface area contributed by atoms with Crippen LogP contribution < -0.4 is 4.90 Å². The number of furan rings is 1. The number of para-hydroxylation sites is 2. The molecule has 0 atom stereocenters. The van der Waals surface area contributed by atoms with Crippen molar-refractivity contribution in [2.45, 2.75) is 19.3 Å². The van der Waals surface area contributed by atoms with E-state index < -0.39 is 0 Å². The second-order valence-electron chi connectivity index (χ2n) is 16.4. The monoisotopic (exact) mass is 753 g/mol. The van der Waals surface area contributed by atoms with Crippen LogP contribution in [0.15, 0.2) is 205 Å². The second kappa shape index (κ2) is 12.8. The molecule has 0 spiro atoms. The smallest absolute Gasteiger partial charge is 0.136 e. The molecule has 1 aliphatic rings. The first-order valence-electron chi connectivity index (χ1n) is 20.5. The van der Waals surface area contributed by atoms with Crippen molar-refractivity contribution in [1.29, 1.82) is 0 Å². The molecule has 0 fully saturated rings. The maximum absolute atomic E-state index is 6.43. The number of hydrogen-bond donors (Lipinski definition) is 0. The van der Waals surface area contributed by atoms with Gasteiger partial charge in [0.25, 0.3) is 0 Å². The predicted octanol–water partition coefficient (Wildman–Crippen LogP) is 16.2. The van der Waals surface area contributed by atoms with Gasteiger partial charge in [-0.1, -0.05) is 159 Å². The molecule has 1 aliphatic carbocycles.